The quantitative estimate of drug-likeness (QED) is 0.151. The van der Waals surface area contributed by atoms with Gasteiger partial charge in [-0.3, -0.25) is 33.9 Å². The van der Waals surface area contributed by atoms with Gasteiger partial charge >= 0.3 is 5.97 Å². The van der Waals surface area contributed by atoms with Gasteiger partial charge in [-0.2, -0.15) is 8.42 Å². The van der Waals surface area contributed by atoms with Crippen LogP contribution in [0.5, 0.6) is 11.5 Å². The molecule has 0 saturated heterocycles. The number of carbonyl (C=O) groups is 2. The fourth-order valence-corrected chi connectivity index (χ4v) is 5.62. The van der Waals surface area contributed by atoms with E-state index < -0.39 is 39.6 Å². The van der Waals surface area contributed by atoms with Crippen molar-refractivity contribution in [1.82, 2.24) is 19.8 Å². The summed E-state index contributed by atoms with van der Waals surface area (Å²) >= 11 is 0. The maximum absolute atomic E-state index is 12.6. The molecule has 2 heterocycles. The highest BCUT2D eigenvalue weighted by Gasteiger charge is 2.32. The molecular weight excluding hydrogens is 588 g/mol. The number of nitrogens with zero attached hydrogens (tertiary/aromatic N) is 4. The van der Waals surface area contributed by atoms with Crippen LogP contribution in [0.15, 0.2) is 96.2 Å². The third kappa shape index (κ3) is 8.02. The number of pyridine rings is 2. The Morgan fingerprint density at radius 1 is 0.750 bits per heavy atom. The first-order valence-corrected chi connectivity index (χ1v) is 15.0. The fraction of sp³-hybridized carbons (Fsp3) is 0.226. The monoisotopic (exact) mass is 620 g/mol. The van der Waals surface area contributed by atoms with E-state index in [0.29, 0.717) is 17.0 Å². The summed E-state index contributed by atoms with van der Waals surface area (Å²) in [7, 11) is -4.64. The van der Waals surface area contributed by atoms with Crippen LogP contribution >= 0.6 is 0 Å². The van der Waals surface area contributed by atoms with Gasteiger partial charge in [-0.05, 0) is 55.5 Å². The molecule has 0 radical (unpaired) electrons. The molecule has 13 heteroatoms. The highest BCUT2D eigenvalue weighted by Crippen LogP contribution is 2.36. The number of carbonyl (C=O) groups excluding carboxylic acids is 1. The summed E-state index contributed by atoms with van der Waals surface area (Å²) in [5.41, 5.74) is 1.33. The van der Waals surface area contributed by atoms with E-state index in [9.17, 15) is 37.9 Å². The second-order valence-electron chi connectivity index (χ2n) is 10.1. The molecule has 2 aromatic heterocycles. The zero-order valence-electron chi connectivity index (χ0n) is 23.8. The first-order chi connectivity index (χ1) is 21.0. The van der Waals surface area contributed by atoms with Gasteiger partial charge < -0.3 is 15.3 Å². The molecule has 1 unspecified atom stereocenters. The van der Waals surface area contributed by atoms with Gasteiger partial charge in [0, 0.05) is 36.6 Å². The zero-order valence-corrected chi connectivity index (χ0v) is 24.6. The van der Waals surface area contributed by atoms with Crippen LogP contribution in [0, 0.1) is 0 Å². The summed E-state index contributed by atoms with van der Waals surface area (Å²) < 4.78 is 33.7. The Labute approximate surface area is 254 Å². The number of aromatic nitrogens is 2. The molecular formula is C31H32N4O8S. The van der Waals surface area contributed by atoms with E-state index in [4.69, 9.17) is 0 Å². The molecule has 0 aliphatic rings. The largest absolute Gasteiger partial charge is 0.508 e. The van der Waals surface area contributed by atoms with Crippen molar-refractivity contribution in [3.05, 3.63) is 114 Å². The number of phenols is 2. The molecule has 0 bridgehead atoms. The molecule has 12 nitrogen and oxygen atoms in total. The molecule has 0 fully saturated rings. The number of phenolic OH excluding ortho intramolecular Hbond substituents is 2. The van der Waals surface area contributed by atoms with Gasteiger partial charge in [-0.25, -0.2) is 0 Å². The molecule has 0 amide bonds. The standard InChI is InChI=1S/C31H32N4O8S/c1-21(36)19-34(31(26-10-5-7-15-33-26)24-18-22(44(41,42)43)12-13-28(24)38)16-17-35(20-29(39)40)30(25-9-4-6-14-32-25)23-8-2-3-11-27(23)37/h2-15,18,30-31,37-38H,16-17,19-20H2,1H3,(H,39,40)(H,41,42,43)/t30?,31-/m0/s1. The van der Waals surface area contributed by atoms with Crippen LogP contribution in [0.4, 0.5) is 0 Å². The van der Waals surface area contributed by atoms with E-state index >= 15 is 0 Å². The first kappa shape index (κ1) is 32.2. The number of ketones is 1. The van der Waals surface area contributed by atoms with Crippen molar-refractivity contribution in [2.75, 3.05) is 26.2 Å². The molecule has 0 aliphatic carbocycles. The van der Waals surface area contributed by atoms with Crippen molar-refractivity contribution < 1.29 is 37.9 Å². The van der Waals surface area contributed by atoms with E-state index in [-0.39, 0.29) is 42.5 Å². The van der Waals surface area contributed by atoms with Crippen molar-refractivity contribution in [3.63, 3.8) is 0 Å². The predicted octanol–water partition coefficient (Wildman–Crippen LogP) is 3.29. The van der Waals surface area contributed by atoms with E-state index in [1.54, 1.807) is 70.6 Å². The number of Topliss-reactive ketones (excluding diaryl/α,β-unsaturated/α-hetero) is 1. The second kappa shape index (κ2) is 14.2. The summed E-state index contributed by atoms with van der Waals surface area (Å²) in [5.74, 6) is -1.76. The highest BCUT2D eigenvalue weighted by molar-refractivity contribution is 7.85. The Balaban J connectivity index is 1.82. The third-order valence-corrected chi connectivity index (χ3v) is 7.78. The lowest BCUT2D eigenvalue weighted by atomic mass is 9.98. The summed E-state index contributed by atoms with van der Waals surface area (Å²) in [4.78, 5) is 36.3. The lowest BCUT2D eigenvalue weighted by molar-refractivity contribution is -0.139. The topological polar surface area (TPSA) is 181 Å². The fourth-order valence-electron chi connectivity index (χ4n) is 5.11. The summed E-state index contributed by atoms with van der Waals surface area (Å²) in [6.07, 6.45) is 3.06. The number of aliphatic carboxylic acids is 1. The van der Waals surface area contributed by atoms with Crippen LogP contribution in [0.1, 0.15) is 41.5 Å². The zero-order chi connectivity index (χ0) is 31.9. The maximum Gasteiger partial charge on any atom is 0.317 e. The van der Waals surface area contributed by atoms with E-state index in [2.05, 4.69) is 9.97 Å². The van der Waals surface area contributed by atoms with Gasteiger partial charge in [-0.1, -0.05) is 30.3 Å². The predicted molar refractivity (Wildman–Crippen MR) is 160 cm³/mol. The average Bonchev–Trinajstić information content (AvgIpc) is 2.98. The maximum atomic E-state index is 12.6. The van der Waals surface area contributed by atoms with Crippen LogP contribution in [0.2, 0.25) is 0 Å². The molecule has 4 aromatic rings. The van der Waals surface area contributed by atoms with E-state index in [1.807, 2.05) is 0 Å². The van der Waals surface area contributed by atoms with Crippen LogP contribution in [0.3, 0.4) is 0 Å². The molecule has 44 heavy (non-hydrogen) atoms. The lowest BCUT2D eigenvalue weighted by Crippen LogP contribution is -2.43. The smallest absolute Gasteiger partial charge is 0.317 e. The number of para-hydroxylation sites is 1. The number of carboxylic acid groups (broad SMARTS) is 1. The first-order valence-electron chi connectivity index (χ1n) is 13.5. The Hall–Kier alpha value is -4.69. The van der Waals surface area contributed by atoms with Crippen LogP contribution in [0.25, 0.3) is 0 Å². The highest BCUT2D eigenvalue weighted by atomic mass is 32.2. The average molecular weight is 621 g/mol. The lowest BCUT2D eigenvalue weighted by Gasteiger charge is -2.36. The number of hydrogen-bond donors (Lipinski definition) is 4. The molecule has 0 saturated carbocycles. The minimum atomic E-state index is -4.64. The molecule has 0 spiro atoms. The van der Waals surface area contributed by atoms with Gasteiger partial charge in [-0.15, -0.1) is 0 Å². The van der Waals surface area contributed by atoms with E-state index in [0.717, 1.165) is 18.2 Å². The van der Waals surface area contributed by atoms with Crippen molar-refractivity contribution in [2.24, 2.45) is 0 Å². The summed E-state index contributed by atoms with van der Waals surface area (Å²) in [6.45, 7) is 0.784. The third-order valence-electron chi connectivity index (χ3n) is 6.93. The Kier molecular flexibility index (Phi) is 10.4. The SMILES string of the molecule is CC(=O)CN(CCN(CC(=O)O)C(c1ccccn1)c1ccccc1O)[C@H](c1ccccn1)c1cc(S(=O)(=O)O)ccc1O. The van der Waals surface area contributed by atoms with Gasteiger partial charge in [0.05, 0.1) is 41.5 Å². The number of aromatic hydroxyl groups is 2. The molecule has 2 aromatic carbocycles. The minimum Gasteiger partial charge on any atom is -0.508 e. The number of hydrogen-bond acceptors (Lipinski definition) is 10. The van der Waals surface area contributed by atoms with Gasteiger partial charge in [0.25, 0.3) is 10.1 Å². The molecule has 230 valence electrons. The van der Waals surface area contributed by atoms with Crippen molar-refractivity contribution in [3.8, 4) is 11.5 Å². The molecule has 4 rings (SSSR count). The van der Waals surface area contributed by atoms with Crippen molar-refractivity contribution in [2.45, 2.75) is 23.9 Å². The Morgan fingerprint density at radius 3 is 1.77 bits per heavy atom. The van der Waals surface area contributed by atoms with Crippen LogP contribution < -0.4 is 0 Å². The van der Waals surface area contributed by atoms with Gasteiger partial charge in [0.15, 0.2) is 0 Å². The minimum absolute atomic E-state index is 0.0250. The van der Waals surface area contributed by atoms with E-state index in [1.165, 1.54) is 19.2 Å². The van der Waals surface area contributed by atoms with Crippen molar-refractivity contribution in [1.29, 1.82) is 0 Å². The normalized spacial score (nSPS) is 13.1. The Bertz CT molecular complexity index is 1700. The second-order valence-corrected chi connectivity index (χ2v) is 11.5. The van der Waals surface area contributed by atoms with Gasteiger partial charge in [0.1, 0.15) is 17.3 Å². The van der Waals surface area contributed by atoms with Crippen molar-refractivity contribution >= 4 is 21.9 Å². The number of carboxylic acids is 1. The number of rotatable bonds is 14. The Morgan fingerprint density at radius 2 is 1.27 bits per heavy atom. The van der Waals surface area contributed by atoms with Gasteiger partial charge in [0.2, 0.25) is 0 Å². The molecule has 4 N–H and O–H groups in total. The number of benzene rings is 2. The summed E-state index contributed by atoms with van der Waals surface area (Å²) in [5, 5.41) is 31.6. The van der Waals surface area contributed by atoms with Crippen LogP contribution in [-0.2, 0) is 19.7 Å². The van der Waals surface area contributed by atoms with Crippen LogP contribution in [-0.4, -0.2) is 86.0 Å². The molecule has 2 atom stereocenters. The summed E-state index contributed by atoms with van der Waals surface area (Å²) in [6, 6.07) is 18.2. The molecule has 0 aliphatic heterocycles.